The van der Waals surface area contributed by atoms with Gasteiger partial charge in [0.2, 0.25) is 35.3 Å². The maximum atomic E-state index is 14.2. The highest BCUT2D eigenvalue weighted by molar-refractivity contribution is 6.38. The Balaban J connectivity index is 3.28. The third-order valence-corrected chi connectivity index (χ3v) is 9.44. The minimum absolute atomic E-state index is 0.0742. The molecule has 1 rings (SSSR count). The van der Waals surface area contributed by atoms with E-state index in [0.29, 0.717) is 19.3 Å². The van der Waals surface area contributed by atoms with Gasteiger partial charge in [0.25, 0.3) is 5.91 Å². The van der Waals surface area contributed by atoms with Crippen molar-refractivity contribution in [2.24, 2.45) is 23.7 Å². The lowest BCUT2D eigenvalue weighted by Gasteiger charge is -2.35. The monoisotopic (exact) mass is 810 g/mol. The van der Waals surface area contributed by atoms with Crippen molar-refractivity contribution < 1.29 is 68.1 Å². The van der Waals surface area contributed by atoms with Crippen LogP contribution in [-0.2, 0) is 52.7 Å². The average molecular weight is 811 g/mol. The zero-order valence-electron chi connectivity index (χ0n) is 33.3. The summed E-state index contributed by atoms with van der Waals surface area (Å²) in [5, 5.41) is 41.6. The predicted molar refractivity (Wildman–Crippen MR) is 200 cm³/mol. The molecule has 6 amide bonds. The zero-order valence-corrected chi connectivity index (χ0v) is 33.3. The van der Waals surface area contributed by atoms with E-state index in [1.165, 1.54) is 0 Å². The Morgan fingerprint density at radius 3 is 1.54 bits per heavy atom. The number of nitrogens with one attached hydrogen (secondary N) is 6. The second-order valence-electron chi connectivity index (χ2n) is 14.8. The summed E-state index contributed by atoms with van der Waals surface area (Å²) in [6, 6.07) is -6.63. The van der Waals surface area contributed by atoms with Gasteiger partial charge in [-0.2, -0.15) is 0 Å². The van der Waals surface area contributed by atoms with E-state index in [1.807, 2.05) is 5.32 Å². The van der Waals surface area contributed by atoms with Crippen LogP contribution in [0.5, 0.6) is 0 Å². The largest absolute Gasteiger partial charge is 0.481 e. The molecular formula is C37H58N6O14. The van der Waals surface area contributed by atoms with Gasteiger partial charge in [0, 0.05) is 31.6 Å². The first-order valence-corrected chi connectivity index (χ1v) is 19.1. The molecule has 1 aliphatic rings. The minimum Gasteiger partial charge on any atom is -0.481 e. The maximum absolute atomic E-state index is 14.2. The van der Waals surface area contributed by atoms with Gasteiger partial charge in [-0.25, -0.2) is 0 Å². The van der Waals surface area contributed by atoms with E-state index in [9.17, 15) is 57.8 Å². The van der Waals surface area contributed by atoms with Crippen molar-refractivity contribution in [3.63, 3.8) is 0 Å². The first-order chi connectivity index (χ1) is 26.6. The van der Waals surface area contributed by atoms with Crippen LogP contribution < -0.4 is 31.9 Å². The Morgan fingerprint density at radius 2 is 1.07 bits per heavy atom. The van der Waals surface area contributed by atoms with Gasteiger partial charge < -0.3 is 47.2 Å². The molecule has 9 N–H and O–H groups in total. The van der Waals surface area contributed by atoms with Crippen LogP contribution in [-0.4, -0.2) is 117 Å². The number of aliphatic carboxylic acids is 3. The van der Waals surface area contributed by atoms with E-state index >= 15 is 0 Å². The number of Topliss-reactive ketones (excluding diaryl/α,β-unsaturated/α-hetero) is 2. The Hall–Kier alpha value is -5.43. The Bertz CT molecular complexity index is 1510. The van der Waals surface area contributed by atoms with Gasteiger partial charge in [-0.15, -0.1) is 0 Å². The number of carboxylic acid groups (broad SMARTS) is 3. The van der Waals surface area contributed by atoms with Crippen molar-refractivity contribution >= 4 is 64.9 Å². The molecule has 1 saturated carbocycles. The number of rotatable bonds is 25. The molecule has 0 saturated heterocycles. The van der Waals surface area contributed by atoms with E-state index in [1.54, 1.807) is 34.6 Å². The molecule has 0 radical (unpaired) electrons. The van der Waals surface area contributed by atoms with Crippen LogP contribution in [0.2, 0.25) is 0 Å². The van der Waals surface area contributed by atoms with E-state index in [0.717, 1.165) is 6.92 Å². The first kappa shape index (κ1) is 49.6. The molecule has 0 aromatic carbocycles. The topological polar surface area (TPSA) is 321 Å². The van der Waals surface area contributed by atoms with Crippen molar-refractivity contribution in [1.29, 1.82) is 0 Å². The van der Waals surface area contributed by atoms with Gasteiger partial charge >= 0.3 is 17.9 Å². The van der Waals surface area contributed by atoms with Crippen LogP contribution >= 0.6 is 0 Å². The average Bonchev–Trinajstić information content (AvgIpc) is 3.13. The van der Waals surface area contributed by atoms with Crippen molar-refractivity contribution in [1.82, 2.24) is 31.9 Å². The number of carboxylic acids is 3. The zero-order chi connectivity index (χ0) is 43.6. The number of hydrogen-bond donors (Lipinski definition) is 9. The molecule has 0 spiro atoms. The SMILES string of the molecule is CCC[C@H](NC(=O)C1CCCCC1C(=O)[C@@H](NC(=O)[C@@H](NC(=O)[C@H](CCC(=O)O)NC(=O)[C@H](CCC(=O)O)NC(C)=O)C(C)C)C(C)C)C(=O)C(=O)NCC(=O)O. The summed E-state index contributed by atoms with van der Waals surface area (Å²) >= 11 is 0. The summed E-state index contributed by atoms with van der Waals surface area (Å²) in [4.78, 5) is 138. The summed E-state index contributed by atoms with van der Waals surface area (Å²) in [7, 11) is 0. The summed E-state index contributed by atoms with van der Waals surface area (Å²) in [5.41, 5.74) is 0. The van der Waals surface area contributed by atoms with E-state index in [4.69, 9.17) is 10.2 Å². The van der Waals surface area contributed by atoms with Gasteiger partial charge in [0.05, 0.1) is 12.1 Å². The fourth-order valence-corrected chi connectivity index (χ4v) is 6.44. The Morgan fingerprint density at radius 1 is 0.579 bits per heavy atom. The minimum atomic E-state index is -1.53. The summed E-state index contributed by atoms with van der Waals surface area (Å²) in [6.45, 7) is 8.55. The van der Waals surface area contributed by atoms with Crippen molar-refractivity contribution in [2.45, 2.75) is 136 Å². The molecule has 57 heavy (non-hydrogen) atoms. The van der Waals surface area contributed by atoms with Crippen LogP contribution in [0.1, 0.15) is 106 Å². The van der Waals surface area contributed by atoms with Gasteiger partial charge in [-0.05, 0) is 43.9 Å². The van der Waals surface area contributed by atoms with Crippen LogP contribution in [0.4, 0.5) is 0 Å². The summed E-state index contributed by atoms with van der Waals surface area (Å²) in [5.74, 6) is -13.5. The number of hydrogen-bond acceptors (Lipinski definition) is 11. The van der Waals surface area contributed by atoms with Crippen LogP contribution in [0.3, 0.4) is 0 Å². The van der Waals surface area contributed by atoms with Crippen LogP contribution in [0.15, 0.2) is 0 Å². The van der Waals surface area contributed by atoms with E-state index in [2.05, 4.69) is 26.6 Å². The second-order valence-corrected chi connectivity index (χ2v) is 14.8. The lowest BCUT2D eigenvalue weighted by Crippen LogP contribution is -2.60. The molecule has 20 nitrogen and oxygen atoms in total. The van der Waals surface area contributed by atoms with Crippen LogP contribution in [0, 0.1) is 23.7 Å². The molecule has 2 unspecified atom stereocenters. The third kappa shape index (κ3) is 17.1. The Kier molecular flexibility index (Phi) is 21.1. The lowest BCUT2D eigenvalue weighted by atomic mass is 9.73. The molecule has 320 valence electrons. The number of ketones is 2. The molecule has 0 aromatic rings. The van der Waals surface area contributed by atoms with Crippen LogP contribution in [0.25, 0.3) is 0 Å². The van der Waals surface area contributed by atoms with E-state index < -0.39 is 145 Å². The van der Waals surface area contributed by atoms with E-state index in [-0.39, 0.29) is 25.7 Å². The quantitative estimate of drug-likeness (QED) is 0.0521. The molecular weight excluding hydrogens is 752 g/mol. The fraction of sp³-hybridized carbons (Fsp3) is 0.703. The molecule has 20 heteroatoms. The number of amides is 6. The second kappa shape index (κ2) is 24.3. The smallest absolute Gasteiger partial charge is 0.322 e. The highest BCUT2D eigenvalue weighted by Crippen LogP contribution is 2.33. The normalized spacial score (nSPS) is 17.8. The van der Waals surface area contributed by atoms with Crippen molar-refractivity contribution in [2.75, 3.05) is 6.54 Å². The maximum Gasteiger partial charge on any atom is 0.322 e. The van der Waals surface area contributed by atoms with Gasteiger partial charge in [0.1, 0.15) is 24.7 Å². The summed E-state index contributed by atoms with van der Waals surface area (Å²) in [6.07, 6.45) is 0.336. The fourth-order valence-electron chi connectivity index (χ4n) is 6.44. The first-order valence-electron chi connectivity index (χ1n) is 19.1. The molecule has 1 aliphatic carbocycles. The van der Waals surface area contributed by atoms with Gasteiger partial charge in [-0.3, -0.25) is 52.7 Å². The van der Waals surface area contributed by atoms with Crippen molar-refractivity contribution in [3.05, 3.63) is 0 Å². The van der Waals surface area contributed by atoms with Gasteiger partial charge in [-0.1, -0.05) is 53.9 Å². The Labute approximate surface area is 330 Å². The summed E-state index contributed by atoms with van der Waals surface area (Å²) < 4.78 is 0. The molecule has 0 bridgehead atoms. The molecule has 0 heterocycles. The number of carbonyl (C=O) groups is 11. The van der Waals surface area contributed by atoms with Crippen molar-refractivity contribution in [3.8, 4) is 0 Å². The van der Waals surface area contributed by atoms with Gasteiger partial charge in [0.15, 0.2) is 5.78 Å². The molecule has 7 atom stereocenters. The molecule has 1 fully saturated rings. The highest BCUT2D eigenvalue weighted by Gasteiger charge is 2.42. The molecule has 0 aliphatic heterocycles. The highest BCUT2D eigenvalue weighted by atomic mass is 16.4. The predicted octanol–water partition coefficient (Wildman–Crippen LogP) is -0.583. The lowest BCUT2D eigenvalue weighted by molar-refractivity contribution is -0.144. The molecule has 0 aromatic heterocycles. The standard InChI is InChI=1S/C37H58N6O14/c1-7-10-23(32(52)37(57)38-17-28(49)50)40-33(53)22-12-9-8-11-21(22)31(51)29(18(2)3)42-36(56)30(19(4)5)43-35(55)25(14-16-27(47)48)41-34(54)24(39-20(6)44)13-15-26(45)46/h18-19,21-25,29-30H,7-17H2,1-6H3,(H,38,57)(H,39,44)(H,40,53)(H,41,54)(H,42,56)(H,43,55)(H,45,46)(H,47,48)(H,49,50)/t21?,22?,23-,24-,25-,29-,30-/m0/s1. The third-order valence-electron chi connectivity index (χ3n) is 9.44. The number of carbonyl (C=O) groups excluding carboxylic acids is 8.